The van der Waals surface area contributed by atoms with E-state index < -0.39 is 0 Å². The molecule has 3 nitrogen and oxygen atoms in total. The predicted octanol–water partition coefficient (Wildman–Crippen LogP) is 4.31. The molecule has 0 aliphatic carbocycles. The fourth-order valence-electron chi connectivity index (χ4n) is 2.30. The van der Waals surface area contributed by atoms with E-state index in [1.165, 1.54) is 16.9 Å². The molecule has 20 heavy (non-hydrogen) atoms. The van der Waals surface area contributed by atoms with Crippen molar-refractivity contribution in [2.24, 2.45) is 0 Å². The van der Waals surface area contributed by atoms with Gasteiger partial charge in [-0.15, -0.1) is 0 Å². The lowest BCUT2D eigenvalue weighted by atomic mass is 10.1. The van der Waals surface area contributed by atoms with Crippen LogP contribution in [0.25, 0.3) is 5.69 Å². The minimum Gasteiger partial charge on any atom is -0.310 e. The number of hydrogen-bond donors (Lipinski definition) is 1. The van der Waals surface area contributed by atoms with Gasteiger partial charge in [-0.05, 0) is 51.4 Å². The fourth-order valence-corrected chi connectivity index (χ4v) is 2.65. The van der Waals surface area contributed by atoms with Crippen LogP contribution in [-0.4, -0.2) is 16.1 Å². The van der Waals surface area contributed by atoms with E-state index in [4.69, 9.17) is 0 Å². The van der Waals surface area contributed by atoms with Gasteiger partial charge in [0.25, 0.3) is 0 Å². The Hall–Kier alpha value is -1.13. The van der Waals surface area contributed by atoms with Crippen LogP contribution in [0.3, 0.4) is 0 Å². The lowest BCUT2D eigenvalue weighted by Gasteiger charge is -2.19. The fraction of sp³-hybridized carbons (Fsp3) is 0.438. The Bertz CT molecular complexity index is 589. The van der Waals surface area contributed by atoms with E-state index in [1.54, 1.807) is 0 Å². The Kier molecular flexibility index (Phi) is 5.00. The van der Waals surface area contributed by atoms with E-state index in [2.05, 4.69) is 69.8 Å². The second-order valence-electron chi connectivity index (χ2n) is 5.16. The van der Waals surface area contributed by atoms with Gasteiger partial charge in [0.05, 0.1) is 17.7 Å². The second-order valence-corrected chi connectivity index (χ2v) is 6.08. The summed E-state index contributed by atoms with van der Waals surface area (Å²) in [6.45, 7) is 9.57. The van der Waals surface area contributed by atoms with Gasteiger partial charge in [-0.25, -0.2) is 4.98 Å². The van der Waals surface area contributed by atoms with E-state index in [0.717, 1.165) is 23.1 Å². The van der Waals surface area contributed by atoms with Crippen molar-refractivity contribution in [3.05, 3.63) is 46.0 Å². The molecule has 0 radical (unpaired) electrons. The SMILES string of the molecule is CCCNC(C)c1ccc(Br)cc1-n1cnc(C)c1C. The molecule has 2 rings (SSSR count). The number of aromatic nitrogens is 2. The number of imidazole rings is 1. The molecule has 0 aliphatic heterocycles. The molecular formula is C16H22BrN3. The van der Waals surface area contributed by atoms with Crippen molar-refractivity contribution in [1.29, 1.82) is 0 Å². The average molecular weight is 336 g/mol. The molecule has 0 bridgehead atoms. The smallest absolute Gasteiger partial charge is 0.0997 e. The highest BCUT2D eigenvalue weighted by Crippen LogP contribution is 2.27. The maximum atomic E-state index is 4.41. The van der Waals surface area contributed by atoms with Crippen LogP contribution < -0.4 is 5.32 Å². The maximum Gasteiger partial charge on any atom is 0.0997 e. The number of nitrogens with one attached hydrogen (secondary N) is 1. The highest BCUT2D eigenvalue weighted by molar-refractivity contribution is 9.10. The van der Waals surface area contributed by atoms with Crippen LogP contribution in [-0.2, 0) is 0 Å². The standard InChI is InChI=1S/C16H22BrN3/c1-5-8-18-12(3)15-7-6-14(17)9-16(15)20-10-19-11(2)13(20)4/h6-7,9-10,12,18H,5,8H2,1-4H3. The van der Waals surface area contributed by atoms with E-state index in [9.17, 15) is 0 Å². The van der Waals surface area contributed by atoms with Gasteiger partial charge in [0, 0.05) is 16.2 Å². The zero-order valence-corrected chi connectivity index (χ0v) is 14.2. The lowest BCUT2D eigenvalue weighted by molar-refractivity contribution is 0.568. The number of aryl methyl sites for hydroxylation is 1. The van der Waals surface area contributed by atoms with Crippen LogP contribution in [0, 0.1) is 13.8 Å². The largest absolute Gasteiger partial charge is 0.310 e. The Morgan fingerprint density at radius 1 is 1.35 bits per heavy atom. The van der Waals surface area contributed by atoms with Crippen molar-refractivity contribution in [1.82, 2.24) is 14.9 Å². The molecule has 1 atom stereocenters. The summed E-state index contributed by atoms with van der Waals surface area (Å²) in [5, 5.41) is 3.56. The van der Waals surface area contributed by atoms with E-state index >= 15 is 0 Å². The van der Waals surface area contributed by atoms with Crippen molar-refractivity contribution in [2.75, 3.05) is 6.54 Å². The first-order valence-electron chi connectivity index (χ1n) is 7.08. The van der Waals surface area contributed by atoms with Crippen LogP contribution in [0.15, 0.2) is 29.0 Å². The van der Waals surface area contributed by atoms with Crippen molar-refractivity contribution in [3.8, 4) is 5.69 Å². The summed E-state index contributed by atoms with van der Waals surface area (Å²) in [7, 11) is 0. The van der Waals surface area contributed by atoms with Gasteiger partial charge in [-0.2, -0.15) is 0 Å². The first-order valence-corrected chi connectivity index (χ1v) is 7.87. The summed E-state index contributed by atoms with van der Waals surface area (Å²) >= 11 is 3.57. The second kappa shape index (κ2) is 6.55. The highest BCUT2D eigenvalue weighted by atomic mass is 79.9. The average Bonchev–Trinajstić information content (AvgIpc) is 2.76. The number of nitrogens with zero attached hydrogens (tertiary/aromatic N) is 2. The first-order chi connectivity index (χ1) is 9.54. The third-order valence-corrected chi connectivity index (χ3v) is 4.16. The molecule has 108 valence electrons. The molecular weight excluding hydrogens is 314 g/mol. The molecule has 0 fully saturated rings. The molecule has 0 amide bonds. The van der Waals surface area contributed by atoms with Crippen LogP contribution in [0.2, 0.25) is 0 Å². The minimum atomic E-state index is 0.320. The Morgan fingerprint density at radius 3 is 2.70 bits per heavy atom. The van der Waals surface area contributed by atoms with Gasteiger partial charge in [0.15, 0.2) is 0 Å². The molecule has 2 aromatic rings. The van der Waals surface area contributed by atoms with Crippen LogP contribution >= 0.6 is 15.9 Å². The highest BCUT2D eigenvalue weighted by Gasteiger charge is 2.14. The molecule has 4 heteroatoms. The van der Waals surface area contributed by atoms with Crippen molar-refractivity contribution >= 4 is 15.9 Å². The Labute approximate surface area is 129 Å². The molecule has 1 heterocycles. The predicted molar refractivity (Wildman–Crippen MR) is 87.4 cm³/mol. The number of benzene rings is 1. The van der Waals surface area contributed by atoms with Gasteiger partial charge in [-0.1, -0.05) is 28.9 Å². The van der Waals surface area contributed by atoms with Crippen LogP contribution in [0.5, 0.6) is 0 Å². The normalized spacial score (nSPS) is 12.7. The zero-order chi connectivity index (χ0) is 14.7. The minimum absolute atomic E-state index is 0.320. The third-order valence-electron chi connectivity index (χ3n) is 3.67. The Balaban J connectivity index is 2.45. The number of rotatable bonds is 5. The third kappa shape index (κ3) is 3.13. The first kappa shape index (κ1) is 15.3. The molecule has 0 spiro atoms. The van der Waals surface area contributed by atoms with Crippen LogP contribution in [0.1, 0.15) is 43.3 Å². The molecule has 0 saturated carbocycles. The van der Waals surface area contributed by atoms with Crippen LogP contribution in [0.4, 0.5) is 0 Å². The summed E-state index contributed by atoms with van der Waals surface area (Å²) < 4.78 is 3.25. The van der Waals surface area contributed by atoms with E-state index in [-0.39, 0.29) is 0 Å². The van der Waals surface area contributed by atoms with Crippen molar-refractivity contribution < 1.29 is 0 Å². The van der Waals surface area contributed by atoms with Gasteiger partial charge in [0.2, 0.25) is 0 Å². The molecule has 1 N–H and O–H groups in total. The molecule has 1 aromatic heterocycles. The van der Waals surface area contributed by atoms with E-state index in [0.29, 0.717) is 6.04 Å². The molecule has 1 aromatic carbocycles. The van der Waals surface area contributed by atoms with Gasteiger partial charge < -0.3 is 9.88 Å². The lowest BCUT2D eigenvalue weighted by Crippen LogP contribution is -2.20. The van der Waals surface area contributed by atoms with Gasteiger partial charge in [0.1, 0.15) is 0 Å². The summed E-state index contributed by atoms with van der Waals surface area (Å²) in [6.07, 6.45) is 3.04. The van der Waals surface area contributed by atoms with Crippen molar-refractivity contribution in [3.63, 3.8) is 0 Å². The number of hydrogen-bond acceptors (Lipinski definition) is 2. The van der Waals surface area contributed by atoms with Gasteiger partial charge in [-0.3, -0.25) is 0 Å². The summed E-state index contributed by atoms with van der Waals surface area (Å²) in [5.74, 6) is 0. The zero-order valence-electron chi connectivity index (χ0n) is 12.6. The Morgan fingerprint density at radius 2 is 2.10 bits per heavy atom. The summed E-state index contributed by atoms with van der Waals surface area (Å²) in [6, 6.07) is 6.76. The number of halogens is 1. The molecule has 1 unspecified atom stereocenters. The van der Waals surface area contributed by atoms with Gasteiger partial charge >= 0.3 is 0 Å². The summed E-state index contributed by atoms with van der Waals surface area (Å²) in [4.78, 5) is 4.41. The monoisotopic (exact) mass is 335 g/mol. The topological polar surface area (TPSA) is 29.9 Å². The van der Waals surface area contributed by atoms with E-state index in [1.807, 2.05) is 13.3 Å². The maximum absolute atomic E-state index is 4.41. The molecule has 0 aliphatic rings. The summed E-state index contributed by atoms with van der Waals surface area (Å²) in [5.41, 5.74) is 4.74. The molecule has 0 saturated heterocycles. The quantitative estimate of drug-likeness (QED) is 0.882. The van der Waals surface area contributed by atoms with Crippen molar-refractivity contribution in [2.45, 2.75) is 40.2 Å².